The Morgan fingerprint density at radius 2 is 1.72 bits per heavy atom. The number of ether oxygens (including phenoxy) is 2. The third kappa shape index (κ3) is 3.45. The number of nitrogens with zero attached hydrogens (tertiary/aromatic N) is 1. The first-order chi connectivity index (χ1) is 17.1. The number of aliphatic hydroxyl groups is 2. The highest BCUT2D eigenvalue weighted by Gasteiger charge is 2.64. The van der Waals surface area contributed by atoms with Crippen LogP contribution in [0.15, 0.2) is 35.4 Å². The van der Waals surface area contributed by atoms with Crippen molar-refractivity contribution in [2.45, 2.75) is 88.1 Å². The molecule has 0 radical (unpaired) electrons. The SMILES string of the molecule is CC#C[C@@]1(O)CC[C@@H]2[C@@H]3CC[C@@]4(O)CC5(CCC4=C3[C@H](c3ccc(N(C)C)cc3)C[C@@]21C)OCCO5. The fourth-order valence-electron chi connectivity index (χ4n) is 8.73. The average molecular weight is 492 g/mol. The van der Waals surface area contributed by atoms with E-state index >= 15 is 0 Å². The lowest BCUT2D eigenvalue weighted by molar-refractivity contribution is -0.208. The second-order valence-corrected chi connectivity index (χ2v) is 12.4. The predicted molar refractivity (Wildman–Crippen MR) is 141 cm³/mol. The Morgan fingerprint density at radius 1 is 1.00 bits per heavy atom. The summed E-state index contributed by atoms with van der Waals surface area (Å²) in [5, 5.41) is 24.0. The van der Waals surface area contributed by atoms with Gasteiger partial charge in [-0.1, -0.05) is 30.6 Å². The van der Waals surface area contributed by atoms with Crippen LogP contribution in [0.25, 0.3) is 0 Å². The van der Waals surface area contributed by atoms with Gasteiger partial charge >= 0.3 is 0 Å². The third-order valence-corrected chi connectivity index (χ3v) is 10.5. The molecule has 0 unspecified atom stereocenters. The van der Waals surface area contributed by atoms with Gasteiger partial charge in [0.1, 0.15) is 5.60 Å². The molecule has 1 spiro atoms. The zero-order valence-corrected chi connectivity index (χ0v) is 22.3. The van der Waals surface area contributed by atoms with E-state index in [2.05, 4.69) is 62.0 Å². The van der Waals surface area contributed by atoms with Crippen molar-refractivity contribution in [3.63, 3.8) is 0 Å². The van der Waals surface area contributed by atoms with E-state index in [1.165, 1.54) is 22.4 Å². The molecule has 2 N–H and O–H groups in total. The standard InChI is InChI=1S/C31H41NO4/c1-5-13-30(34)15-11-25-23-10-14-29(33)20-31(35-17-18-36-31)16-12-26(29)27(23)24(19-28(25,30)2)21-6-8-22(9-7-21)32(3)4/h6-9,23-25,33-34H,10-12,14-20H2,1-4H3/t23-,24-,25+,28-,29+,30+/m0/s1. The minimum absolute atomic E-state index is 0.164. The second kappa shape index (κ2) is 8.33. The minimum atomic E-state index is -0.958. The molecule has 1 saturated heterocycles. The Morgan fingerprint density at radius 3 is 2.39 bits per heavy atom. The molecule has 5 aliphatic rings. The lowest BCUT2D eigenvalue weighted by atomic mass is 9.49. The fraction of sp³-hybridized carbons (Fsp3) is 0.677. The summed E-state index contributed by atoms with van der Waals surface area (Å²) in [6.45, 7) is 5.36. The summed E-state index contributed by atoms with van der Waals surface area (Å²) in [5.41, 5.74) is 3.04. The summed E-state index contributed by atoms with van der Waals surface area (Å²) >= 11 is 0. The molecule has 3 saturated carbocycles. The van der Waals surface area contributed by atoms with E-state index in [9.17, 15) is 10.2 Å². The zero-order valence-electron chi connectivity index (χ0n) is 22.3. The van der Waals surface area contributed by atoms with E-state index in [0.717, 1.165) is 44.9 Å². The van der Waals surface area contributed by atoms with Gasteiger partial charge in [-0.25, -0.2) is 0 Å². The highest BCUT2D eigenvalue weighted by molar-refractivity contribution is 5.50. The van der Waals surface area contributed by atoms with Crippen LogP contribution in [0.1, 0.15) is 76.7 Å². The third-order valence-electron chi connectivity index (χ3n) is 10.5. The molecule has 6 rings (SSSR count). The van der Waals surface area contributed by atoms with Crippen LogP contribution < -0.4 is 4.90 Å². The molecule has 4 fully saturated rings. The average Bonchev–Trinajstić information content (AvgIpc) is 3.40. The van der Waals surface area contributed by atoms with Gasteiger partial charge in [0.25, 0.3) is 0 Å². The molecular formula is C31H41NO4. The molecule has 1 heterocycles. The van der Waals surface area contributed by atoms with Crippen LogP contribution in [0, 0.1) is 29.1 Å². The maximum atomic E-state index is 12.1. The van der Waals surface area contributed by atoms with Crippen LogP contribution in [0.5, 0.6) is 0 Å². The fourth-order valence-corrected chi connectivity index (χ4v) is 8.73. The highest BCUT2D eigenvalue weighted by atomic mass is 16.7. The summed E-state index contributed by atoms with van der Waals surface area (Å²) in [6, 6.07) is 8.91. The Balaban J connectivity index is 1.48. The maximum Gasteiger partial charge on any atom is 0.171 e. The molecule has 6 atom stereocenters. The van der Waals surface area contributed by atoms with Crippen LogP contribution in [0.2, 0.25) is 0 Å². The van der Waals surface area contributed by atoms with Crippen molar-refractivity contribution >= 4 is 5.69 Å². The number of fused-ring (bicyclic) bond motifs is 4. The van der Waals surface area contributed by atoms with Crippen molar-refractivity contribution in [2.24, 2.45) is 17.3 Å². The van der Waals surface area contributed by atoms with Crippen LogP contribution in [-0.2, 0) is 9.47 Å². The monoisotopic (exact) mass is 491 g/mol. The summed E-state index contributed by atoms with van der Waals surface area (Å²) < 4.78 is 12.1. The Kier molecular flexibility index (Phi) is 5.67. The molecule has 1 aromatic rings. The number of anilines is 1. The van der Waals surface area contributed by atoms with Gasteiger partial charge in [-0.05, 0) is 80.6 Å². The number of hydrogen-bond donors (Lipinski definition) is 2. The van der Waals surface area contributed by atoms with Crippen molar-refractivity contribution in [3.05, 3.63) is 41.0 Å². The molecule has 1 aliphatic heterocycles. The van der Waals surface area contributed by atoms with E-state index in [0.29, 0.717) is 31.5 Å². The zero-order chi connectivity index (χ0) is 25.3. The van der Waals surface area contributed by atoms with Crippen LogP contribution >= 0.6 is 0 Å². The molecule has 1 aromatic carbocycles. The van der Waals surface area contributed by atoms with Gasteiger partial charge in [0, 0.05) is 44.0 Å². The molecule has 0 amide bonds. The Bertz CT molecular complexity index is 1120. The Hall–Kier alpha value is -1.84. The van der Waals surface area contributed by atoms with Gasteiger partial charge in [0.05, 0.1) is 18.8 Å². The molecule has 5 nitrogen and oxygen atoms in total. The van der Waals surface area contributed by atoms with E-state index < -0.39 is 17.0 Å². The highest BCUT2D eigenvalue weighted by Crippen LogP contribution is 2.67. The van der Waals surface area contributed by atoms with E-state index in [-0.39, 0.29) is 11.3 Å². The molecule has 0 aromatic heterocycles. The predicted octanol–water partition coefficient (Wildman–Crippen LogP) is 4.78. The van der Waals surface area contributed by atoms with Crippen molar-refractivity contribution < 1.29 is 19.7 Å². The largest absolute Gasteiger partial charge is 0.385 e. The number of allylic oxidation sites excluding steroid dienone is 1. The minimum Gasteiger partial charge on any atom is -0.385 e. The van der Waals surface area contributed by atoms with E-state index in [4.69, 9.17) is 9.47 Å². The quantitative estimate of drug-likeness (QED) is 0.461. The lowest BCUT2D eigenvalue weighted by Gasteiger charge is -2.57. The van der Waals surface area contributed by atoms with E-state index in [1.807, 2.05) is 6.92 Å². The van der Waals surface area contributed by atoms with Gasteiger partial charge < -0.3 is 24.6 Å². The first-order valence-corrected chi connectivity index (χ1v) is 13.8. The topological polar surface area (TPSA) is 62.2 Å². The number of hydrogen-bond acceptors (Lipinski definition) is 5. The second-order valence-electron chi connectivity index (χ2n) is 12.4. The normalized spacial score (nSPS) is 40.8. The molecule has 194 valence electrons. The van der Waals surface area contributed by atoms with Gasteiger partial charge in [-0.15, -0.1) is 5.92 Å². The van der Waals surface area contributed by atoms with Crippen molar-refractivity contribution in [3.8, 4) is 11.8 Å². The van der Waals surface area contributed by atoms with Gasteiger partial charge in [0.15, 0.2) is 5.79 Å². The molecular weight excluding hydrogens is 450 g/mol. The first kappa shape index (κ1) is 24.5. The number of benzene rings is 1. The maximum absolute atomic E-state index is 12.1. The first-order valence-electron chi connectivity index (χ1n) is 13.8. The van der Waals surface area contributed by atoms with Crippen LogP contribution in [-0.4, -0.2) is 54.5 Å². The molecule has 36 heavy (non-hydrogen) atoms. The summed E-state index contributed by atoms with van der Waals surface area (Å²) in [5.74, 6) is 6.58. The summed E-state index contributed by atoms with van der Waals surface area (Å²) in [6.07, 6.45) is 6.41. The van der Waals surface area contributed by atoms with Gasteiger partial charge in [-0.3, -0.25) is 0 Å². The Labute approximate surface area is 215 Å². The van der Waals surface area contributed by atoms with E-state index in [1.54, 1.807) is 0 Å². The number of rotatable bonds is 2. The summed E-state index contributed by atoms with van der Waals surface area (Å²) in [7, 11) is 4.13. The van der Waals surface area contributed by atoms with Gasteiger partial charge in [-0.2, -0.15) is 0 Å². The molecule has 0 bridgehead atoms. The molecule has 5 heteroatoms. The van der Waals surface area contributed by atoms with Crippen LogP contribution in [0.4, 0.5) is 5.69 Å². The lowest BCUT2D eigenvalue weighted by Crippen LogP contribution is -2.55. The smallest absolute Gasteiger partial charge is 0.171 e. The van der Waals surface area contributed by atoms with Crippen molar-refractivity contribution in [2.75, 3.05) is 32.2 Å². The van der Waals surface area contributed by atoms with Crippen molar-refractivity contribution in [1.82, 2.24) is 0 Å². The van der Waals surface area contributed by atoms with Crippen LogP contribution in [0.3, 0.4) is 0 Å². The van der Waals surface area contributed by atoms with Gasteiger partial charge in [0.2, 0.25) is 0 Å². The molecule has 4 aliphatic carbocycles. The summed E-state index contributed by atoms with van der Waals surface area (Å²) in [4.78, 5) is 2.13. The van der Waals surface area contributed by atoms with Crippen molar-refractivity contribution in [1.29, 1.82) is 0 Å².